The van der Waals surface area contributed by atoms with Gasteiger partial charge in [0.15, 0.2) is 5.13 Å². The molecule has 1 saturated heterocycles. The monoisotopic (exact) mass is 320 g/mol. The van der Waals surface area contributed by atoms with E-state index in [0.29, 0.717) is 5.76 Å². The normalized spacial score (nSPS) is 15.4. The minimum atomic E-state index is -0.207. The maximum absolute atomic E-state index is 11.8. The van der Waals surface area contributed by atoms with Crippen molar-refractivity contribution in [2.24, 2.45) is 5.10 Å². The summed E-state index contributed by atoms with van der Waals surface area (Å²) in [5, 5.41) is 6.68. The molecule has 0 atom stereocenters. The van der Waals surface area contributed by atoms with Crippen LogP contribution < -0.4 is 10.3 Å². The number of hydrogen-bond acceptors (Lipinski definition) is 7. The van der Waals surface area contributed by atoms with Crippen molar-refractivity contribution in [3.05, 3.63) is 35.2 Å². The van der Waals surface area contributed by atoms with Crippen molar-refractivity contribution in [1.29, 1.82) is 0 Å². The number of hydrazone groups is 1. The van der Waals surface area contributed by atoms with Gasteiger partial charge >= 0.3 is 0 Å². The quantitative estimate of drug-likeness (QED) is 0.663. The van der Waals surface area contributed by atoms with Crippen molar-refractivity contribution in [2.75, 3.05) is 31.2 Å². The van der Waals surface area contributed by atoms with Crippen LogP contribution in [-0.4, -0.2) is 43.4 Å². The highest BCUT2D eigenvalue weighted by Gasteiger charge is 2.15. The first kappa shape index (κ1) is 14.7. The number of thiazole rings is 1. The zero-order valence-corrected chi connectivity index (χ0v) is 12.7. The van der Waals surface area contributed by atoms with Gasteiger partial charge in [-0.05, 0) is 12.1 Å². The number of hydrogen-bond donors (Lipinski definition) is 1. The fourth-order valence-corrected chi connectivity index (χ4v) is 2.89. The van der Waals surface area contributed by atoms with Gasteiger partial charge in [-0.3, -0.25) is 4.79 Å². The number of amides is 1. The minimum absolute atomic E-state index is 0.205. The predicted molar refractivity (Wildman–Crippen MR) is 83.3 cm³/mol. The summed E-state index contributed by atoms with van der Waals surface area (Å²) in [5.74, 6) is 0.380. The second-order valence-electron chi connectivity index (χ2n) is 4.71. The van der Waals surface area contributed by atoms with E-state index in [9.17, 15) is 4.79 Å². The van der Waals surface area contributed by atoms with E-state index in [4.69, 9.17) is 9.15 Å². The second-order valence-corrected chi connectivity index (χ2v) is 5.54. The third-order valence-corrected chi connectivity index (χ3v) is 4.04. The van der Waals surface area contributed by atoms with Crippen molar-refractivity contribution in [1.82, 2.24) is 10.4 Å². The summed E-state index contributed by atoms with van der Waals surface area (Å²) in [6, 6.07) is 3.51. The molecule has 7 nitrogen and oxygen atoms in total. The lowest BCUT2D eigenvalue weighted by Gasteiger charge is -2.26. The molecule has 116 valence electrons. The first-order chi connectivity index (χ1) is 10.8. The molecule has 22 heavy (non-hydrogen) atoms. The number of aromatic nitrogens is 1. The van der Waals surface area contributed by atoms with Crippen molar-refractivity contribution in [3.8, 4) is 0 Å². The molecule has 0 aromatic carbocycles. The van der Waals surface area contributed by atoms with Crippen LogP contribution >= 0.6 is 11.3 Å². The molecule has 3 heterocycles. The van der Waals surface area contributed by atoms with Crippen LogP contribution in [0.1, 0.15) is 11.5 Å². The highest BCUT2D eigenvalue weighted by atomic mass is 32.1. The standard InChI is InChI=1S/C14H16N4O3S/c19-13(17-15-9-12-2-1-5-21-12)8-11-10-22-14(16-11)18-3-6-20-7-4-18/h1-2,5,9-10H,3-4,6-8H2,(H,17,19)/b15-9-. The third kappa shape index (κ3) is 3.92. The lowest BCUT2D eigenvalue weighted by atomic mass is 10.3. The largest absolute Gasteiger partial charge is 0.463 e. The molecule has 1 N–H and O–H groups in total. The Hall–Kier alpha value is -2.19. The molecule has 0 bridgehead atoms. The molecule has 0 unspecified atom stereocenters. The maximum atomic E-state index is 11.8. The van der Waals surface area contributed by atoms with Gasteiger partial charge in [0.1, 0.15) is 5.76 Å². The number of carbonyl (C=O) groups excluding carboxylic acids is 1. The maximum Gasteiger partial charge on any atom is 0.246 e. The van der Waals surface area contributed by atoms with Gasteiger partial charge in [0, 0.05) is 18.5 Å². The summed E-state index contributed by atoms with van der Waals surface area (Å²) in [5.41, 5.74) is 3.21. The highest BCUT2D eigenvalue weighted by molar-refractivity contribution is 7.13. The summed E-state index contributed by atoms with van der Waals surface area (Å²) in [6.45, 7) is 3.12. The summed E-state index contributed by atoms with van der Waals surface area (Å²) >= 11 is 1.55. The zero-order valence-electron chi connectivity index (χ0n) is 11.9. The summed E-state index contributed by atoms with van der Waals surface area (Å²) < 4.78 is 10.4. The molecule has 8 heteroatoms. The molecule has 1 aliphatic rings. The van der Waals surface area contributed by atoms with Crippen molar-refractivity contribution < 1.29 is 13.9 Å². The molecule has 1 fully saturated rings. The Morgan fingerprint density at radius 2 is 2.36 bits per heavy atom. The Labute approximate surface area is 131 Å². The third-order valence-electron chi connectivity index (χ3n) is 3.09. The zero-order chi connectivity index (χ0) is 15.2. The van der Waals surface area contributed by atoms with Gasteiger partial charge in [-0.15, -0.1) is 11.3 Å². The van der Waals surface area contributed by atoms with E-state index in [1.54, 1.807) is 29.7 Å². The Morgan fingerprint density at radius 1 is 1.50 bits per heavy atom. The van der Waals surface area contributed by atoms with E-state index in [0.717, 1.165) is 37.1 Å². The van der Waals surface area contributed by atoms with E-state index in [2.05, 4.69) is 20.4 Å². The van der Waals surface area contributed by atoms with E-state index >= 15 is 0 Å². The molecule has 0 saturated carbocycles. The fraction of sp³-hybridized carbons (Fsp3) is 0.357. The summed E-state index contributed by atoms with van der Waals surface area (Å²) in [6.07, 6.45) is 3.21. The van der Waals surface area contributed by atoms with Crippen molar-refractivity contribution in [3.63, 3.8) is 0 Å². The number of morpholine rings is 1. The molecule has 2 aromatic rings. The van der Waals surface area contributed by atoms with Gasteiger partial charge in [-0.25, -0.2) is 10.4 Å². The molecule has 2 aromatic heterocycles. The number of anilines is 1. The summed E-state index contributed by atoms with van der Waals surface area (Å²) in [4.78, 5) is 18.5. The number of carbonyl (C=O) groups is 1. The molecule has 3 rings (SSSR count). The first-order valence-electron chi connectivity index (χ1n) is 6.94. The van der Waals surface area contributed by atoms with Crippen LogP contribution in [0, 0.1) is 0 Å². The lowest BCUT2D eigenvalue weighted by molar-refractivity contribution is -0.120. The van der Waals surface area contributed by atoms with Gasteiger partial charge in [0.05, 0.1) is 37.8 Å². The number of furan rings is 1. The predicted octanol–water partition coefficient (Wildman–Crippen LogP) is 1.27. The molecular weight excluding hydrogens is 304 g/mol. The fourth-order valence-electron chi connectivity index (χ4n) is 2.01. The van der Waals surface area contributed by atoms with Gasteiger partial charge in [-0.1, -0.05) is 0 Å². The van der Waals surface area contributed by atoms with Crippen LogP contribution in [0.15, 0.2) is 33.3 Å². The van der Waals surface area contributed by atoms with E-state index < -0.39 is 0 Å². The molecule has 0 aliphatic carbocycles. The highest BCUT2D eigenvalue weighted by Crippen LogP contribution is 2.21. The first-order valence-corrected chi connectivity index (χ1v) is 7.82. The van der Waals surface area contributed by atoms with Gasteiger partial charge in [0.2, 0.25) is 5.91 Å². The minimum Gasteiger partial charge on any atom is -0.463 e. The van der Waals surface area contributed by atoms with Gasteiger partial charge in [-0.2, -0.15) is 5.10 Å². The Morgan fingerprint density at radius 3 is 3.14 bits per heavy atom. The average molecular weight is 320 g/mol. The van der Waals surface area contributed by atoms with Gasteiger partial charge < -0.3 is 14.1 Å². The molecular formula is C14H16N4O3S. The van der Waals surface area contributed by atoms with Crippen LogP contribution in [0.4, 0.5) is 5.13 Å². The van der Waals surface area contributed by atoms with E-state index in [1.807, 2.05) is 5.38 Å². The average Bonchev–Trinajstić information content (AvgIpc) is 3.20. The van der Waals surface area contributed by atoms with Crippen LogP contribution in [0.25, 0.3) is 0 Å². The van der Waals surface area contributed by atoms with Crippen molar-refractivity contribution in [2.45, 2.75) is 6.42 Å². The Bertz CT molecular complexity index is 632. The number of nitrogens with zero attached hydrogens (tertiary/aromatic N) is 3. The SMILES string of the molecule is O=C(Cc1csc(N2CCOCC2)n1)N/N=C\c1ccco1. The van der Waals surface area contributed by atoms with E-state index in [-0.39, 0.29) is 12.3 Å². The Balaban J connectivity index is 1.50. The van der Waals surface area contributed by atoms with Crippen LogP contribution in [-0.2, 0) is 16.0 Å². The van der Waals surface area contributed by atoms with E-state index in [1.165, 1.54) is 6.21 Å². The number of rotatable bonds is 5. The topological polar surface area (TPSA) is 80.0 Å². The van der Waals surface area contributed by atoms with Crippen LogP contribution in [0.5, 0.6) is 0 Å². The number of nitrogens with one attached hydrogen (secondary N) is 1. The number of ether oxygens (including phenoxy) is 1. The van der Waals surface area contributed by atoms with Gasteiger partial charge in [0.25, 0.3) is 0 Å². The van der Waals surface area contributed by atoms with Crippen molar-refractivity contribution >= 4 is 28.6 Å². The van der Waals surface area contributed by atoms with Crippen LogP contribution in [0.3, 0.4) is 0 Å². The lowest BCUT2D eigenvalue weighted by Crippen LogP contribution is -2.36. The molecule has 0 spiro atoms. The molecule has 1 amide bonds. The summed E-state index contributed by atoms with van der Waals surface area (Å²) in [7, 11) is 0. The second kappa shape index (κ2) is 7.19. The molecule has 0 radical (unpaired) electrons. The van der Waals surface area contributed by atoms with Crippen LogP contribution in [0.2, 0.25) is 0 Å². The Kier molecular flexibility index (Phi) is 4.81. The smallest absolute Gasteiger partial charge is 0.246 e. The molecule has 1 aliphatic heterocycles.